The third kappa shape index (κ3) is 25.6. The molecule has 2 saturated heterocycles. The van der Waals surface area contributed by atoms with Gasteiger partial charge in [-0.25, -0.2) is 0 Å². The van der Waals surface area contributed by atoms with Gasteiger partial charge in [0.25, 0.3) is 0 Å². The number of nitrogens with two attached hydrogens (primary N) is 3. The SMILES string of the molecule is CCCCC1C[C@H](C(=O)N[C@@H](CO)C(=O)N[C@@H](Cc2ccc(O)cc2)C(=O)NC(Cc2ccc3ccccc3c2)C(=O)N[C@H](CC(C)C)C(=O)N[C@@H](CCCN=C(N)N)C(=O)N2CCC[C@@H]2C(=O)NC(C)C(N)=O)NC(=O)CNC(=O)CC(NC(C)=O)C(=O)N[C@H](Cc2ccc(Cl)cc2)C(=O)N1. The summed E-state index contributed by atoms with van der Waals surface area (Å²) in [5, 5.41) is 52.0. The number of fused-ring (bicyclic) bond motifs is 1. The van der Waals surface area contributed by atoms with Gasteiger partial charge in [-0.1, -0.05) is 112 Å². The average molecular weight is 1440 g/mol. The minimum Gasteiger partial charge on any atom is -0.508 e. The zero-order valence-corrected chi connectivity index (χ0v) is 58.6. The Balaban J connectivity index is 1.30. The summed E-state index contributed by atoms with van der Waals surface area (Å²) < 4.78 is 0. The Labute approximate surface area is 595 Å². The number of hydrogen-bond acceptors (Lipinski definition) is 16. The summed E-state index contributed by atoms with van der Waals surface area (Å²) in [5.41, 5.74) is 18.1. The Bertz CT molecular complexity index is 3670. The van der Waals surface area contributed by atoms with Crippen molar-refractivity contribution in [2.24, 2.45) is 28.1 Å². The van der Waals surface area contributed by atoms with Crippen molar-refractivity contribution in [3.05, 3.63) is 113 Å². The first-order chi connectivity index (χ1) is 48.5. The van der Waals surface area contributed by atoms with Gasteiger partial charge >= 0.3 is 0 Å². The van der Waals surface area contributed by atoms with Crippen LogP contribution in [0.4, 0.5) is 0 Å². The lowest BCUT2D eigenvalue weighted by atomic mass is 9.98. The fourth-order valence-corrected chi connectivity index (χ4v) is 11.9. The lowest BCUT2D eigenvalue weighted by Gasteiger charge is -2.31. The minimum atomic E-state index is -1.87. The van der Waals surface area contributed by atoms with Gasteiger partial charge in [-0.2, -0.15) is 0 Å². The number of aromatic hydroxyl groups is 1. The Morgan fingerprint density at radius 1 is 0.676 bits per heavy atom. The highest BCUT2D eigenvalue weighted by Gasteiger charge is 2.41. The highest BCUT2D eigenvalue weighted by Crippen LogP contribution is 2.23. The number of unbranched alkanes of at least 4 members (excludes halogenated alkanes) is 1. The summed E-state index contributed by atoms with van der Waals surface area (Å²) in [6.07, 6.45) is 0.430. The van der Waals surface area contributed by atoms with E-state index in [-0.39, 0.29) is 88.5 Å². The van der Waals surface area contributed by atoms with E-state index in [1.54, 1.807) is 50.2 Å². The molecule has 0 spiro atoms. The minimum absolute atomic E-state index is 0.00146. The van der Waals surface area contributed by atoms with Crippen molar-refractivity contribution < 1.29 is 72.5 Å². The summed E-state index contributed by atoms with van der Waals surface area (Å²) in [6.45, 7) is 6.32. The molecule has 11 atom stereocenters. The second-order valence-electron chi connectivity index (χ2n) is 26.0. The molecule has 2 fully saturated rings. The molecule has 31 nitrogen and oxygen atoms in total. The Morgan fingerprint density at radius 2 is 1.28 bits per heavy atom. The van der Waals surface area contributed by atoms with E-state index in [1.165, 1.54) is 36.1 Å². The number of aliphatic imine (C=N–C) groups is 1. The van der Waals surface area contributed by atoms with Crippen LogP contribution in [0.3, 0.4) is 0 Å². The Morgan fingerprint density at radius 3 is 1.91 bits per heavy atom. The average Bonchev–Trinajstić information content (AvgIpc) is 1.41. The summed E-state index contributed by atoms with van der Waals surface area (Å²) in [5.74, 6) is -11.7. The van der Waals surface area contributed by atoms with E-state index < -0.39 is 163 Å². The number of carbonyl (C=O) groups is 13. The van der Waals surface area contributed by atoms with Crippen LogP contribution in [0.5, 0.6) is 5.75 Å². The number of aliphatic hydroxyl groups excluding tert-OH is 1. The van der Waals surface area contributed by atoms with Gasteiger partial charge in [0.05, 0.1) is 19.6 Å². The Hall–Kier alpha value is -10.4. The molecule has 0 aliphatic carbocycles. The highest BCUT2D eigenvalue weighted by molar-refractivity contribution is 6.30. The van der Waals surface area contributed by atoms with Crippen molar-refractivity contribution in [3.63, 3.8) is 0 Å². The van der Waals surface area contributed by atoms with Crippen LogP contribution in [0.2, 0.25) is 5.02 Å². The molecule has 4 aromatic carbocycles. The first-order valence-corrected chi connectivity index (χ1v) is 34.4. The smallest absolute Gasteiger partial charge is 0.245 e. The first-order valence-electron chi connectivity index (χ1n) is 34.0. The summed E-state index contributed by atoms with van der Waals surface area (Å²) in [7, 11) is 0. The van der Waals surface area contributed by atoms with E-state index in [4.69, 9.17) is 28.8 Å². The molecule has 2 aliphatic heterocycles. The molecule has 0 radical (unpaired) electrons. The lowest BCUT2D eigenvalue weighted by molar-refractivity contribution is -0.142. The Kier molecular flexibility index (Phi) is 31.2. The van der Waals surface area contributed by atoms with E-state index >= 15 is 9.59 Å². The van der Waals surface area contributed by atoms with Crippen LogP contribution in [0.1, 0.15) is 116 Å². The lowest BCUT2D eigenvalue weighted by Crippen LogP contribution is -2.61. The summed E-state index contributed by atoms with van der Waals surface area (Å²) in [6, 6.07) is 9.60. The third-order valence-electron chi connectivity index (χ3n) is 17.2. The van der Waals surface area contributed by atoms with Crippen LogP contribution in [-0.2, 0) is 81.6 Å². The molecule has 19 N–H and O–H groups in total. The summed E-state index contributed by atoms with van der Waals surface area (Å²) in [4.78, 5) is 187. The van der Waals surface area contributed by atoms with E-state index in [1.807, 2.05) is 37.3 Å². The predicted molar refractivity (Wildman–Crippen MR) is 377 cm³/mol. The molecule has 32 heteroatoms. The van der Waals surface area contributed by atoms with Crippen molar-refractivity contribution in [1.82, 2.24) is 63.4 Å². The van der Waals surface area contributed by atoms with Crippen molar-refractivity contribution in [1.29, 1.82) is 0 Å². The van der Waals surface area contributed by atoms with Gasteiger partial charge in [0.2, 0.25) is 76.8 Å². The molecular formula is C70H95ClN16O15. The fraction of sp³-hybridized carbons (Fsp3) is 0.486. The van der Waals surface area contributed by atoms with Gasteiger partial charge in [0, 0.05) is 50.3 Å². The third-order valence-corrected chi connectivity index (χ3v) is 17.4. The van der Waals surface area contributed by atoms with Crippen LogP contribution in [-0.4, -0.2) is 191 Å². The van der Waals surface area contributed by atoms with E-state index in [9.17, 15) is 63.0 Å². The molecular weight excluding hydrogens is 1340 g/mol. The number of nitrogens with one attached hydrogen (secondary N) is 11. The van der Waals surface area contributed by atoms with Gasteiger partial charge < -0.3 is 90.8 Å². The van der Waals surface area contributed by atoms with Crippen molar-refractivity contribution in [3.8, 4) is 5.75 Å². The quantitative estimate of drug-likeness (QED) is 0.0160. The first kappa shape index (κ1) is 80.5. The van der Waals surface area contributed by atoms with Crippen molar-refractivity contribution >= 4 is 105 Å². The number of phenolic OH excluding ortho intramolecular Hbond substituents is 1. The number of phenols is 1. The monoisotopic (exact) mass is 1430 g/mol. The van der Waals surface area contributed by atoms with Gasteiger partial charge in [-0.05, 0) is 110 Å². The maximum absolute atomic E-state index is 15.1. The predicted octanol–water partition coefficient (Wildman–Crippen LogP) is -1.22. The molecule has 2 heterocycles. The molecule has 0 bridgehead atoms. The zero-order valence-electron chi connectivity index (χ0n) is 57.8. The molecule has 13 amide bonds. The number of guanidine groups is 1. The van der Waals surface area contributed by atoms with Crippen molar-refractivity contribution in [2.45, 2.75) is 185 Å². The van der Waals surface area contributed by atoms with Gasteiger partial charge in [-0.15, -0.1) is 0 Å². The second kappa shape index (κ2) is 39.5. The molecule has 6 rings (SSSR count). The number of rotatable bonds is 31. The molecule has 4 unspecified atom stereocenters. The van der Waals surface area contributed by atoms with E-state index in [0.717, 1.165) is 17.7 Å². The molecule has 0 saturated carbocycles. The van der Waals surface area contributed by atoms with Crippen LogP contribution in [0.25, 0.3) is 10.8 Å². The van der Waals surface area contributed by atoms with Gasteiger partial charge in [-0.3, -0.25) is 67.3 Å². The van der Waals surface area contributed by atoms with Crippen LogP contribution in [0.15, 0.2) is 96.0 Å². The number of benzene rings is 4. The van der Waals surface area contributed by atoms with Crippen molar-refractivity contribution in [2.75, 3.05) is 26.2 Å². The van der Waals surface area contributed by atoms with Crippen LogP contribution < -0.4 is 75.7 Å². The maximum atomic E-state index is 15.1. The number of hydrogen-bond donors (Lipinski definition) is 16. The number of aliphatic hydroxyl groups is 1. The maximum Gasteiger partial charge on any atom is 0.245 e. The number of carbonyl (C=O) groups excluding carboxylic acids is 13. The largest absolute Gasteiger partial charge is 0.508 e. The van der Waals surface area contributed by atoms with Crippen LogP contribution in [0, 0.1) is 5.92 Å². The number of likely N-dealkylation sites (tertiary alicyclic amines) is 1. The number of nitrogens with zero attached hydrogens (tertiary/aromatic N) is 2. The number of halogens is 1. The summed E-state index contributed by atoms with van der Waals surface area (Å²) >= 11 is 6.15. The van der Waals surface area contributed by atoms with Crippen LogP contribution >= 0.6 is 11.6 Å². The number of primary amides is 1. The number of amides is 13. The second-order valence-corrected chi connectivity index (χ2v) is 26.4. The molecule has 4 aromatic rings. The highest BCUT2D eigenvalue weighted by atomic mass is 35.5. The molecule has 102 heavy (non-hydrogen) atoms. The van der Waals surface area contributed by atoms with E-state index in [2.05, 4.69) is 63.5 Å². The zero-order chi connectivity index (χ0) is 74.7. The fourth-order valence-electron chi connectivity index (χ4n) is 11.8. The van der Waals surface area contributed by atoms with Gasteiger partial charge in [0.15, 0.2) is 5.96 Å². The molecule has 2 aliphatic rings. The standard InChI is InChI=1S/C70H95ClN16O15/c1-6-7-14-47-34-54(80-59(92)36-76-58(91)35-55(78-40(5)89)66(99)83-51(61(94)79-47)31-41-18-23-46(71)24-19-41)65(98)86-56(37-88)67(100)85-52(32-42-20-25-48(90)26-21-42)63(96)84-53(33-43-17-22-44-12-8-9-13-45(44)30-43)64(97)82-50(29-38(2)3)62(95)81-49(15-10-27-75-70(73)74)69(102)87-28-11-16-57(87)68(101)77-39(4)60(72)93/h8-9,12-13,17-26,30,38-39,47,49-57,88,90H,6-7,10-11,14-16,27-29,31-37H2,1-5H3,(H2,72,93)(H,76,91)(H,77,101)(H,78,89)(H,79,94)(H,80,92)(H,81,95)(H,82,97)(H,83,99)(H,84,96)(H,85,100)(H,86,98)(H4,73,74,75)/t39?,47?,49-,50+,51+,52-,53?,54+,55?,56-,57+/m0/s1. The normalized spacial score (nSPS) is 19.2. The topological polar surface area (TPSA) is 488 Å². The molecule has 0 aromatic heterocycles. The van der Waals surface area contributed by atoms with Gasteiger partial charge in [0.1, 0.15) is 66.2 Å². The van der Waals surface area contributed by atoms with E-state index in [0.29, 0.717) is 41.0 Å². The molecule has 552 valence electrons.